The van der Waals surface area contributed by atoms with Crippen LogP contribution in [0.15, 0.2) is 0 Å². The second kappa shape index (κ2) is 13.7. The van der Waals surface area contributed by atoms with E-state index in [9.17, 15) is 0 Å². The molecule has 0 aromatic rings. The third-order valence-corrected chi connectivity index (χ3v) is 8.51. The zero-order valence-electron chi connectivity index (χ0n) is 16.5. The molecule has 23 heavy (non-hydrogen) atoms. The number of rotatable bonds is 13. The van der Waals surface area contributed by atoms with E-state index in [0.717, 1.165) is 5.92 Å². The van der Waals surface area contributed by atoms with E-state index < -0.39 is 14.5 Å². The number of likely N-dealkylation sites (tertiary alicyclic amines) is 1. The van der Waals surface area contributed by atoms with Crippen LogP contribution in [0.5, 0.6) is 0 Å². The topological polar surface area (TPSA) is 12.5 Å². The van der Waals surface area contributed by atoms with Gasteiger partial charge in [-0.3, -0.25) is 0 Å². The fraction of sp³-hybridized carbons (Fsp3) is 1.00. The van der Waals surface area contributed by atoms with Crippen molar-refractivity contribution in [1.29, 1.82) is 0 Å². The summed E-state index contributed by atoms with van der Waals surface area (Å²) in [6, 6.07) is 0. The van der Waals surface area contributed by atoms with Crippen molar-refractivity contribution in [2.75, 3.05) is 20.1 Å². The van der Waals surface area contributed by atoms with Gasteiger partial charge in [0.05, 0.1) is 0 Å². The van der Waals surface area contributed by atoms with Crippen molar-refractivity contribution in [2.45, 2.75) is 102 Å². The summed E-state index contributed by atoms with van der Waals surface area (Å²) < 4.78 is 6.71. The van der Waals surface area contributed by atoms with Crippen molar-refractivity contribution in [2.24, 2.45) is 5.92 Å². The van der Waals surface area contributed by atoms with Crippen molar-refractivity contribution >= 4 is 14.5 Å². The Morgan fingerprint density at radius 3 is 1.91 bits per heavy atom. The molecule has 1 aliphatic rings. The molecule has 0 amide bonds. The Balaban J connectivity index is 2.33. The average Bonchev–Trinajstić information content (AvgIpc) is 2.55. The second-order valence-electron chi connectivity index (χ2n) is 7.80. The molecule has 1 unspecified atom stereocenters. The second-order valence-corrected chi connectivity index (χ2v) is 10.5. The van der Waals surface area contributed by atoms with E-state index in [0.29, 0.717) is 6.10 Å². The molecular formula is C20H42AlNO. The normalized spacial score (nSPS) is 18.3. The van der Waals surface area contributed by atoms with Crippen molar-refractivity contribution < 1.29 is 3.79 Å². The first kappa shape index (κ1) is 21.5. The molecule has 1 heterocycles. The Hall–Kier alpha value is 0.452. The fourth-order valence-corrected chi connectivity index (χ4v) is 6.67. The van der Waals surface area contributed by atoms with Crippen LogP contribution in [0.4, 0.5) is 0 Å². The van der Waals surface area contributed by atoms with Gasteiger partial charge in [0.1, 0.15) is 0 Å². The quantitative estimate of drug-likeness (QED) is 0.307. The minimum absolute atomic E-state index is 0.512. The molecule has 2 nitrogen and oxygen atoms in total. The van der Waals surface area contributed by atoms with E-state index in [1.807, 2.05) is 0 Å². The number of hydrogen-bond donors (Lipinski definition) is 0. The van der Waals surface area contributed by atoms with Crippen LogP contribution < -0.4 is 0 Å². The van der Waals surface area contributed by atoms with Crippen LogP contribution in [0.1, 0.15) is 85.0 Å². The standard InChI is InChI=1S/C8H16NO.2C6H13.Al/c1-7(10)8-3-5-9(2)6-4-8;2*1-3-5-6-4-2;/h7-8H,3-6H2,1-2H3;2*1,3-6H2,2H3;/q-1;;;+1. The van der Waals surface area contributed by atoms with Crippen LogP contribution in [0.25, 0.3) is 0 Å². The highest BCUT2D eigenvalue weighted by Gasteiger charge is 2.28. The Kier molecular flexibility index (Phi) is 12.8. The largest absolute Gasteiger partial charge is 0.498 e. The van der Waals surface area contributed by atoms with Gasteiger partial charge in [-0.2, -0.15) is 0 Å². The van der Waals surface area contributed by atoms with Crippen LogP contribution in [0, 0.1) is 5.92 Å². The molecule has 0 N–H and O–H groups in total. The molecule has 1 saturated heterocycles. The molecule has 0 aliphatic carbocycles. The molecule has 0 radical (unpaired) electrons. The van der Waals surface area contributed by atoms with Crippen LogP contribution in [0.2, 0.25) is 10.6 Å². The van der Waals surface area contributed by atoms with Crippen molar-refractivity contribution in [1.82, 2.24) is 4.90 Å². The summed E-state index contributed by atoms with van der Waals surface area (Å²) in [4.78, 5) is 2.47. The lowest BCUT2D eigenvalue weighted by molar-refractivity contribution is 0.0953. The summed E-state index contributed by atoms with van der Waals surface area (Å²) in [5, 5.41) is 2.84. The molecule has 0 aromatic heterocycles. The summed E-state index contributed by atoms with van der Waals surface area (Å²) >= 11 is -0.977. The lowest BCUT2D eigenvalue weighted by Gasteiger charge is -2.34. The number of nitrogens with zero attached hydrogens (tertiary/aromatic N) is 1. The summed E-state index contributed by atoms with van der Waals surface area (Å²) in [5.74, 6) is 0.812. The van der Waals surface area contributed by atoms with Gasteiger partial charge in [-0.1, -0.05) is 75.8 Å². The minimum atomic E-state index is -0.977. The van der Waals surface area contributed by atoms with E-state index in [1.54, 1.807) is 0 Å². The molecular weight excluding hydrogens is 297 g/mol. The molecule has 1 aliphatic heterocycles. The first-order chi connectivity index (χ1) is 11.2. The van der Waals surface area contributed by atoms with Crippen molar-refractivity contribution in [3.8, 4) is 0 Å². The van der Waals surface area contributed by atoms with Gasteiger partial charge in [0.15, 0.2) is 0 Å². The van der Waals surface area contributed by atoms with E-state index in [2.05, 4.69) is 32.7 Å². The molecule has 1 rings (SSSR count). The van der Waals surface area contributed by atoms with E-state index in [-0.39, 0.29) is 0 Å². The molecule has 0 saturated carbocycles. The lowest BCUT2D eigenvalue weighted by Crippen LogP contribution is -2.37. The molecule has 3 heteroatoms. The zero-order valence-corrected chi connectivity index (χ0v) is 17.6. The predicted octanol–water partition coefficient (Wildman–Crippen LogP) is 5.89. The van der Waals surface area contributed by atoms with Crippen LogP contribution >= 0.6 is 0 Å². The Bertz CT molecular complexity index is 254. The van der Waals surface area contributed by atoms with Gasteiger partial charge in [0, 0.05) is 6.10 Å². The van der Waals surface area contributed by atoms with E-state index >= 15 is 0 Å². The Morgan fingerprint density at radius 1 is 0.913 bits per heavy atom. The summed E-state index contributed by atoms with van der Waals surface area (Å²) in [6.07, 6.45) is 14.3. The van der Waals surface area contributed by atoms with E-state index in [4.69, 9.17) is 3.79 Å². The average molecular weight is 340 g/mol. The van der Waals surface area contributed by atoms with Crippen molar-refractivity contribution in [3.05, 3.63) is 0 Å². The summed E-state index contributed by atoms with van der Waals surface area (Å²) in [6.45, 7) is 9.50. The first-order valence-corrected chi connectivity index (χ1v) is 12.6. The van der Waals surface area contributed by atoms with Gasteiger partial charge in [-0.15, -0.1) is 0 Å². The highest BCUT2D eigenvalue weighted by Crippen LogP contribution is 2.24. The fourth-order valence-electron chi connectivity index (χ4n) is 3.79. The molecule has 136 valence electrons. The highest BCUT2D eigenvalue weighted by molar-refractivity contribution is 6.51. The van der Waals surface area contributed by atoms with Crippen LogP contribution in [-0.4, -0.2) is 45.6 Å². The predicted molar refractivity (Wildman–Crippen MR) is 104 cm³/mol. The van der Waals surface area contributed by atoms with Gasteiger partial charge in [0.2, 0.25) is 0 Å². The maximum atomic E-state index is 6.71. The Morgan fingerprint density at radius 2 is 1.43 bits per heavy atom. The lowest BCUT2D eigenvalue weighted by atomic mass is 9.92. The molecule has 0 aromatic carbocycles. The molecule has 1 atom stereocenters. The summed E-state index contributed by atoms with van der Waals surface area (Å²) in [5.41, 5.74) is 0. The first-order valence-electron chi connectivity index (χ1n) is 10.5. The maximum Gasteiger partial charge on any atom is 0.460 e. The monoisotopic (exact) mass is 339 g/mol. The van der Waals surface area contributed by atoms with Gasteiger partial charge in [0.25, 0.3) is 0 Å². The van der Waals surface area contributed by atoms with Gasteiger partial charge >= 0.3 is 14.5 Å². The molecule has 0 spiro atoms. The highest BCUT2D eigenvalue weighted by atomic mass is 27.2. The smallest absolute Gasteiger partial charge is 0.460 e. The third kappa shape index (κ3) is 10.1. The zero-order chi connectivity index (χ0) is 16.9. The van der Waals surface area contributed by atoms with Gasteiger partial charge in [-0.25, -0.2) is 0 Å². The summed E-state index contributed by atoms with van der Waals surface area (Å²) in [7, 11) is 2.25. The SMILES string of the molecule is CCCCC[CH2][Al]([CH2]CCCCC)[O]C(C)C1CCN(C)CC1. The van der Waals surface area contributed by atoms with Crippen LogP contribution in [-0.2, 0) is 3.79 Å². The number of piperidine rings is 1. The maximum absolute atomic E-state index is 6.71. The van der Waals surface area contributed by atoms with Crippen LogP contribution in [0.3, 0.4) is 0 Å². The van der Waals surface area contributed by atoms with Gasteiger partial charge in [-0.05, 0) is 45.8 Å². The van der Waals surface area contributed by atoms with Gasteiger partial charge < -0.3 is 8.69 Å². The minimum Gasteiger partial charge on any atom is -0.498 e. The molecule has 0 bridgehead atoms. The Labute approximate surface area is 151 Å². The van der Waals surface area contributed by atoms with E-state index in [1.165, 1.54) is 87.9 Å². The number of hydrogen-bond acceptors (Lipinski definition) is 2. The number of unbranched alkanes of at least 4 members (excludes halogenated alkanes) is 6. The van der Waals surface area contributed by atoms with Crippen molar-refractivity contribution in [3.63, 3.8) is 0 Å². The third-order valence-electron chi connectivity index (χ3n) is 5.59. The molecule has 1 fully saturated rings.